The molecule has 2 aliphatic rings. The molecule has 0 unspecified atom stereocenters. The zero-order valence-electron chi connectivity index (χ0n) is 15.0. The van der Waals surface area contributed by atoms with E-state index in [0.29, 0.717) is 12.1 Å². The number of hydrogen-bond donors (Lipinski definition) is 0. The fourth-order valence-corrected chi connectivity index (χ4v) is 3.66. The van der Waals surface area contributed by atoms with Gasteiger partial charge in [0.25, 0.3) is 0 Å². The molecule has 0 saturated carbocycles. The standard InChI is InChI=1S/C18H31N3O2/c1-18(2,3)16-10-19-17(23-16)13-21-12-15(22-4)9-14(21)11-20-7-5-6-8-20/h10,14-15H,5-9,11-13H2,1-4H3/t14-,15-/m0/s1. The van der Waals surface area contributed by atoms with Crippen LogP contribution in [0.2, 0.25) is 0 Å². The van der Waals surface area contributed by atoms with Crippen LogP contribution in [0.4, 0.5) is 0 Å². The van der Waals surface area contributed by atoms with E-state index in [-0.39, 0.29) is 5.41 Å². The highest BCUT2D eigenvalue weighted by Crippen LogP contribution is 2.27. The molecule has 23 heavy (non-hydrogen) atoms. The van der Waals surface area contributed by atoms with E-state index in [9.17, 15) is 0 Å². The summed E-state index contributed by atoms with van der Waals surface area (Å²) in [4.78, 5) is 9.58. The van der Waals surface area contributed by atoms with E-state index in [0.717, 1.165) is 37.7 Å². The van der Waals surface area contributed by atoms with Crippen LogP contribution in [-0.4, -0.2) is 60.2 Å². The summed E-state index contributed by atoms with van der Waals surface area (Å²) in [5, 5.41) is 0. The quantitative estimate of drug-likeness (QED) is 0.834. The second-order valence-corrected chi connectivity index (χ2v) is 8.05. The number of hydrogen-bond acceptors (Lipinski definition) is 5. The fourth-order valence-electron chi connectivity index (χ4n) is 3.66. The number of aromatic nitrogens is 1. The molecule has 1 aromatic rings. The monoisotopic (exact) mass is 321 g/mol. The van der Waals surface area contributed by atoms with Crippen molar-refractivity contribution in [2.75, 3.05) is 33.3 Å². The van der Waals surface area contributed by atoms with Gasteiger partial charge >= 0.3 is 0 Å². The Bertz CT molecular complexity index is 503. The predicted molar refractivity (Wildman–Crippen MR) is 90.5 cm³/mol. The summed E-state index contributed by atoms with van der Waals surface area (Å²) in [7, 11) is 1.82. The fraction of sp³-hybridized carbons (Fsp3) is 0.833. The van der Waals surface area contributed by atoms with Crippen LogP contribution in [0.5, 0.6) is 0 Å². The third-order valence-corrected chi connectivity index (χ3v) is 5.12. The lowest BCUT2D eigenvalue weighted by molar-refractivity contribution is 0.105. The highest BCUT2D eigenvalue weighted by molar-refractivity contribution is 5.06. The van der Waals surface area contributed by atoms with Gasteiger partial charge in [0.15, 0.2) is 0 Å². The SMILES string of the molecule is CO[C@H]1C[C@@H](CN2CCCC2)N(Cc2ncc(C(C)(C)C)o2)C1. The number of nitrogens with zero attached hydrogens (tertiary/aromatic N) is 3. The van der Waals surface area contributed by atoms with Gasteiger partial charge < -0.3 is 14.1 Å². The molecular weight excluding hydrogens is 290 g/mol. The van der Waals surface area contributed by atoms with Crippen molar-refractivity contribution in [3.8, 4) is 0 Å². The molecule has 3 rings (SSSR count). The summed E-state index contributed by atoms with van der Waals surface area (Å²) < 4.78 is 11.6. The lowest BCUT2D eigenvalue weighted by Crippen LogP contribution is -2.39. The van der Waals surface area contributed by atoms with Crippen LogP contribution in [0.15, 0.2) is 10.6 Å². The molecule has 5 nitrogen and oxygen atoms in total. The largest absolute Gasteiger partial charge is 0.444 e. The van der Waals surface area contributed by atoms with Crippen LogP contribution in [0, 0.1) is 0 Å². The Morgan fingerprint density at radius 1 is 1.30 bits per heavy atom. The number of ether oxygens (including phenoxy) is 1. The lowest BCUT2D eigenvalue weighted by Gasteiger charge is -2.27. The Morgan fingerprint density at radius 3 is 2.65 bits per heavy atom. The van der Waals surface area contributed by atoms with Crippen molar-refractivity contribution in [3.05, 3.63) is 17.8 Å². The molecule has 2 fully saturated rings. The van der Waals surface area contributed by atoms with Gasteiger partial charge in [0, 0.05) is 31.7 Å². The maximum absolute atomic E-state index is 5.99. The Kier molecular flexibility index (Phi) is 5.09. The number of rotatable bonds is 5. The summed E-state index contributed by atoms with van der Waals surface area (Å²) in [6.45, 7) is 11.9. The summed E-state index contributed by atoms with van der Waals surface area (Å²) in [6.07, 6.45) is 6.01. The highest BCUT2D eigenvalue weighted by atomic mass is 16.5. The average Bonchev–Trinajstić information content (AvgIpc) is 3.21. The second-order valence-electron chi connectivity index (χ2n) is 8.05. The van der Waals surface area contributed by atoms with Crippen LogP contribution >= 0.6 is 0 Å². The van der Waals surface area contributed by atoms with E-state index in [4.69, 9.17) is 9.15 Å². The summed E-state index contributed by atoms with van der Waals surface area (Å²) in [5.74, 6) is 1.80. The van der Waals surface area contributed by atoms with Crippen molar-refractivity contribution >= 4 is 0 Å². The van der Waals surface area contributed by atoms with E-state index >= 15 is 0 Å². The third-order valence-electron chi connectivity index (χ3n) is 5.12. The Morgan fingerprint density at radius 2 is 2.04 bits per heavy atom. The van der Waals surface area contributed by atoms with E-state index in [1.807, 2.05) is 13.3 Å². The van der Waals surface area contributed by atoms with Crippen molar-refractivity contribution in [2.45, 2.75) is 64.1 Å². The smallest absolute Gasteiger partial charge is 0.208 e. The van der Waals surface area contributed by atoms with Gasteiger partial charge in [0.2, 0.25) is 5.89 Å². The predicted octanol–water partition coefficient (Wildman–Crippen LogP) is 2.66. The van der Waals surface area contributed by atoms with Crippen molar-refractivity contribution in [1.29, 1.82) is 0 Å². The molecule has 0 aromatic carbocycles. The van der Waals surface area contributed by atoms with Crippen molar-refractivity contribution in [2.24, 2.45) is 0 Å². The molecular formula is C18H31N3O2. The first-order valence-electron chi connectivity index (χ1n) is 8.90. The third kappa shape index (κ3) is 4.14. The average molecular weight is 321 g/mol. The molecule has 0 aliphatic carbocycles. The first kappa shape index (κ1) is 16.9. The molecule has 0 bridgehead atoms. The number of likely N-dealkylation sites (tertiary alicyclic amines) is 2. The summed E-state index contributed by atoms with van der Waals surface area (Å²) in [5.41, 5.74) is 0.0142. The van der Waals surface area contributed by atoms with Crippen LogP contribution in [0.3, 0.4) is 0 Å². The van der Waals surface area contributed by atoms with E-state index in [1.54, 1.807) is 0 Å². The van der Waals surface area contributed by atoms with Crippen LogP contribution in [0.25, 0.3) is 0 Å². The Labute approximate surface area is 140 Å². The van der Waals surface area contributed by atoms with E-state index in [2.05, 4.69) is 35.6 Å². The van der Waals surface area contributed by atoms with Gasteiger partial charge in [-0.3, -0.25) is 4.90 Å². The second kappa shape index (κ2) is 6.91. The molecule has 0 radical (unpaired) electrons. The Balaban J connectivity index is 1.64. The number of oxazole rings is 1. The topological polar surface area (TPSA) is 41.7 Å². The van der Waals surface area contributed by atoms with Gasteiger partial charge in [0.05, 0.1) is 18.8 Å². The van der Waals surface area contributed by atoms with Gasteiger partial charge in [-0.15, -0.1) is 0 Å². The molecule has 2 aliphatic heterocycles. The van der Waals surface area contributed by atoms with Gasteiger partial charge in [-0.05, 0) is 32.4 Å². The zero-order valence-corrected chi connectivity index (χ0v) is 15.0. The molecule has 1 aromatic heterocycles. The molecule has 3 heterocycles. The summed E-state index contributed by atoms with van der Waals surface area (Å²) >= 11 is 0. The Hall–Kier alpha value is -0.910. The highest BCUT2D eigenvalue weighted by Gasteiger charge is 2.34. The normalized spacial score (nSPS) is 27.1. The van der Waals surface area contributed by atoms with Crippen molar-refractivity contribution in [1.82, 2.24) is 14.8 Å². The van der Waals surface area contributed by atoms with Crippen LogP contribution < -0.4 is 0 Å². The minimum atomic E-state index is 0.0142. The van der Waals surface area contributed by atoms with E-state index < -0.39 is 0 Å². The molecule has 2 atom stereocenters. The molecule has 2 saturated heterocycles. The van der Waals surface area contributed by atoms with Crippen LogP contribution in [-0.2, 0) is 16.7 Å². The number of methoxy groups -OCH3 is 1. The first-order valence-corrected chi connectivity index (χ1v) is 8.90. The van der Waals surface area contributed by atoms with Gasteiger partial charge in [0.1, 0.15) is 5.76 Å². The maximum Gasteiger partial charge on any atom is 0.208 e. The summed E-state index contributed by atoms with van der Waals surface area (Å²) in [6, 6.07) is 0.544. The maximum atomic E-state index is 5.99. The zero-order chi connectivity index (χ0) is 16.4. The molecule has 0 spiro atoms. The molecule has 0 amide bonds. The van der Waals surface area contributed by atoms with Crippen molar-refractivity contribution < 1.29 is 9.15 Å². The molecule has 0 N–H and O–H groups in total. The van der Waals surface area contributed by atoms with Gasteiger partial charge in [-0.1, -0.05) is 20.8 Å². The van der Waals surface area contributed by atoms with Crippen LogP contribution in [0.1, 0.15) is 51.7 Å². The molecule has 130 valence electrons. The minimum Gasteiger partial charge on any atom is -0.444 e. The van der Waals surface area contributed by atoms with Gasteiger partial charge in [-0.25, -0.2) is 4.98 Å². The first-order chi connectivity index (χ1) is 11.0. The molecule has 5 heteroatoms. The van der Waals surface area contributed by atoms with Gasteiger partial charge in [-0.2, -0.15) is 0 Å². The van der Waals surface area contributed by atoms with Crippen molar-refractivity contribution in [3.63, 3.8) is 0 Å². The lowest BCUT2D eigenvalue weighted by atomic mass is 9.94. The minimum absolute atomic E-state index is 0.0142. The van der Waals surface area contributed by atoms with E-state index in [1.165, 1.54) is 25.9 Å².